The minimum atomic E-state index is -4.55. The van der Waals surface area contributed by atoms with E-state index in [-0.39, 0.29) is 46.0 Å². The van der Waals surface area contributed by atoms with Crippen LogP contribution in [0.5, 0.6) is 0 Å². The minimum absolute atomic E-state index is 0.0118. The highest BCUT2D eigenvalue weighted by Crippen LogP contribution is 2.37. The van der Waals surface area contributed by atoms with Crippen molar-refractivity contribution in [2.45, 2.75) is 24.4 Å². The summed E-state index contributed by atoms with van der Waals surface area (Å²) in [6.07, 6.45) is 2.39. The molecule has 0 saturated carbocycles. The zero-order valence-corrected chi connectivity index (χ0v) is 17.8. The first kappa shape index (κ1) is 22.1. The molecule has 1 aliphatic rings. The van der Waals surface area contributed by atoms with E-state index >= 15 is 0 Å². The fraction of sp³-hybridized carbons (Fsp3) is 0.316. The number of fused-ring (bicyclic) bond motifs is 1. The predicted octanol–water partition coefficient (Wildman–Crippen LogP) is 5.57. The number of hydrogen-bond donors (Lipinski definition) is 1. The van der Waals surface area contributed by atoms with E-state index in [4.69, 9.17) is 44.4 Å². The van der Waals surface area contributed by atoms with Gasteiger partial charge in [-0.2, -0.15) is 18.2 Å². The first-order valence-corrected chi connectivity index (χ1v) is 10.3. The third-order valence-electron chi connectivity index (χ3n) is 4.77. The molecule has 4 rings (SSSR count). The second-order valence-electron chi connectivity index (χ2n) is 6.92. The Kier molecular flexibility index (Phi) is 6.04. The summed E-state index contributed by atoms with van der Waals surface area (Å²) < 4.78 is 45.4. The summed E-state index contributed by atoms with van der Waals surface area (Å²) in [6.45, 7) is 0.0594. The van der Waals surface area contributed by atoms with Gasteiger partial charge >= 0.3 is 6.18 Å². The second-order valence-corrected chi connectivity index (χ2v) is 8.24. The van der Waals surface area contributed by atoms with E-state index in [1.54, 1.807) is 12.2 Å². The Morgan fingerprint density at radius 3 is 2.65 bits per heavy atom. The Bertz CT molecular complexity index is 1190. The van der Waals surface area contributed by atoms with Gasteiger partial charge in [-0.1, -0.05) is 40.5 Å². The van der Waals surface area contributed by atoms with Gasteiger partial charge in [0.1, 0.15) is 5.69 Å². The Hall–Kier alpha value is -2.07. The lowest BCUT2D eigenvalue weighted by Crippen LogP contribution is -2.16. The molecule has 0 fully saturated rings. The highest BCUT2D eigenvalue weighted by molar-refractivity contribution is 6.37. The molecule has 12 heteroatoms. The fourth-order valence-corrected chi connectivity index (χ4v) is 4.13. The van der Waals surface area contributed by atoms with Crippen LogP contribution >= 0.6 is 34.8 Å². The van der Waals surface area contributed by atoms with Crippen LogP contribution in [0.3, 0.4) is 0 Å². The smallest absolute Gasteiger partial charge is 0.396 e. The number of halogens is 6. The van der Waals surface area contributed by atoms with Crippen LogP contribution in [-0.4, -0.2) is 36.6 Å². The van der Waals surface area contributed by atoms with Gasteiger partial charge in [0.05, 0.1) is 16.0 Å². The van der Waals surface area contributed by atoms with Crippen molar-refractivity contribution in [2.24, 2.45) is 5.92 Å². The molecule has 0 bridgehead atoms. The van der Waals surface area contributed by atoms with Crippen LogP contribution in [0.2, 0.25) is 5.02 Å². The molecule has 1 N–H and O–H groups in total. The highest BCUT2D eigenvalue weighted by Gasteiger charge is 2.32. The van der Waals surface area contributed by atoms with Crippen LogP contribution in [0.25, 0.3) is 22.8 Å². The second kappa shape index (κ2) is 8.46. The molecule has 3 heterocycles. The molecule has 0 amide bonds. The molecule has 0 aromatic carbocycles. The Labute approximate surface area is 188 Å². The van der Waals surface area contributed by atoms with E-state index < -0.39 is 11.7 Å². The van der Waals surface area contributed by atoms with Gasteiger partial charge in [0.15, 0.2) is 5.65 Å². The van der Waals surface area contributed by atoms with E-state index in [1.165, 1.54) is 6.20 Å². The SMILES string of the molecule is OCCCC1C=C(Cl)C(c2noc(-c3cn4cc(C(F)(F)F)cc(Cl)c4n3)n2)=CC1Cl. The van der Waals surface area contributed by atoms with Crippen molar-refractivity contribution in [1.29, 1.82) is 0 Å². The minimum Gasteiger partial charge on any atom is -0.396 e. The predicted molar refractivity (Wildman–Crippen MR) is 110 cm³/mol. The van der Waals surface area contributed by atoms with Crippen molar-refractivity contribution in [1.82, 2.24) is 19.5 Å². The first-order valence-electron chi connectivity index (χ1n) is 9.11. The lowest BCUT2D eigenvalue weighted by Gasteiger charge is -2.22. The lowest BCUT2D eigenvalue weighted by atomic mass is 9.92. The molecular weight excluding hydrogens is 480 g/mol. The van der Waals surface area contributed by atoms with E-state index in [0.717, 1.165) is 16.7 Å². The molecule has 3 aromatic rings. The third kappa shape index (κ3) is 4.45. The number of hydrogen-bond acceptors (Lipinski definition) is 5. The normalized spacial score (nSPS) is 19.6. The molecule has 0 aliphatic heterocycles. The van der Waals surface area contributed by atoms with Gasteiger partial charge in [-0.25, -0.2) is 4.98 Å². The van der Waals surface area contributed by atoms with Crippen LogP contribution < -0.4 is 0 Å². The van der Waals surface area contributed by atoms with Gasteiger partial charge in [0.2, 0.25) is 5.82 Å². The van der Waals surface area contributed by atoms with Gasteiger partial charge < -0.3 is 14.0 Å². The summed E-state index contributed by atoms with van der Waals surface area (Å²) in [5.74, 6) is 0.115. The lowest BCUT2D eigenvalue weighted by molar-refractivity contribution is -0.137. The van der Waals surface area contributed by atoms with Crippen molar-refractivity contribution in [3.63, 3.8) is 0 Å². The number of rotatable bonds is 5. The molecule has 0 spiro atoms. The highest BCUT2D eigenvalue weighted by atomic mass is 35.5. The van der Waals surface area contributed by atoms with Crippen molar-refractivity contribution < 1.29 is 22.8 Å². The van der Waals surface area contributed by atoms with E-state index in [0.29, 0.717) is 23.4 Å². The van der Waals surface area contributed by atoms with Crippen LogP contribution in [-0.2, 0) is 6.18 Å². The zero-order chi connectivity index (χ0) is 22.3. The average molecular weight is 494 g/mol. The number of imidazole rings is 1. The van der Waals surface area contributed by atoms with Crippen molar-refractivity contribution in [3.05, 3.63) is 52.1 Å². The summed E-state index contributed by atoms with van der Waals surface area (Å²) in [6, 6.07) is 0.804. The monoisotopic (exact) mass is 492 g/mol. The number of allylic oxidation sites excluding steroid dienone is 4. The molecule has 6 nitrogen and oxygen atoms in total. The quantitative estimate of drug-likeness (QED) is 0.470. The fourth-order valence-electron chi connectivity index (χ4n) is 3.23. The molecule has 164 valence electrons. The summed E-state index contributed by atoms with van der Waals surface area (Å²) >= 11 is 18.7. The van der Waals surface area contributed by atoms with Gasteiger partial charge in [-0.05, 0) is 24.8 Å². The Balaban J connectivity index is 1.64. The van der Waals surface area contributed by atoms with Crippen LogP contribution in [0, 0.1) is 5.92 Å². The van der Waals surface area contributed by atoms with E-state index in [9.17, 15) is 13.2 Å². The number of pyridine rings is 1. The maximum absolute atomic E-state index is 13.0. The van der Waals surface area contributed by atoms with Crippen molar-refractivity contribution >= 4 is 46.0 Å². The van der Waals surface area contributed by atoms with Crippen LogP contribution in [0.1, 0.15) is 24.2 Å². The standard InChI is InChI=1S/C19H14Cl3F3N4O2/c20-12-6-11(13(21)4-9(12)2-1-3-30)16-27-18(31-28-16)15-8-29-7-10(19(23,24)25)5-14(22)17(29)26-15/h4-9,12,30H,1-3H2. The molecule has 1 aliphatic carbocycles. The molecule has 0 saturated heterocycles. The Morgan fingerprint density at radius 1 is 1.16 bits per heavy atom. The van der Waals surface area contributed by atoms with E-state index in [1.807, 2.05) is 0 Å². The molecule has 2 unspecified atom stereocenters. The van der Waals surface area contributed by atoms with Gasteiger partial charge in [-0.3, -0.25) is 0 Å². The molecule has 0 radical (unpaired) electrons. The summed E-state index contributed by atoms with van der Waals surface area (Å²) in [7, 11) is 0. The third-order valence-corrected chi connectivity index (χ3v) is 5.83. The average Bonchev–Trinajstić information content (AvgIpc) is 3.34. The number of alkyl halides is 4. The molecule has 3 aromatic heterocycles. The van der Waals surface area contributed by atoms with Crippen molar-refractivity contribution in [3.8, 4) is 11.6 Å². The topological polar surface area (TPSA) is 76.5 Å². The van der Waals surface area contributed by atoms with E-state index in [2.05, 4.69) is 15.1 Å². The zero-order valence-electron chi connectivity index (χ0n) is 15.6. The maximum Gasteiger partial charge on any atom is 0.417 e. The van der Waals surface area contributed by atoms with Crippen LogP contribution in [0.15, 0.2) is 40.2 Å². The maximum atomic E-state index is 13.0. The number of nitrogens with zero attached hydrogens (tertiary/aromatic N) is 4. The summed E-state index contributed by atoms with van der Waals surface area (Å²) in [5, 5.41) is 12.7. The molecule has 2 atom stereocenters. The molecule has 31 heavy (non-hydrogen) atoms. The van der Waals surface area contributed by atoms with Gasteiger partial charge in [0.25, 0.3) is 5.89 Å². The number of aromatic nitrogens is 4. The van der Waals surface area contributed by atoms with Crippen LogP contribution in [0.4, 0.5) is 13.2 Å². The summed E-state index contributed by atoms with van der Waals surface area (Å²) in [4.78, 5) is 8.46. The largest absolute Gasteiger partial charge is 0.417 e. The van der Waals surface area contributed by atoms with Crippen molar-refractivity contribution in [2.75, 3.05) is 6.61 Å². The summed E-state index contributed by atoms with van der Waals surface area (Å²) in [5.41, 5.74) is -0.169. The number of aliphatic hydroxyl groups excluding tert-OH is 1. The Morgan fingerprint density at radius 2 is 1.94 bits per heavy atom. The van der Waals surface area contributed by atoms with Gasteiger partial charge in [0, 0.05) is 29.6 Å². The molecular formula is C19H14Cl3F3N4O2. The number of aliphatic hydroxyl groups is 1. The van der Waals surface area contributed by atoms with Gasteiger partial charge in [-0.15, -0.1) is 11.6 Å². The first-order chi connectivity index (χ1) is 14.7.